The monoisotopic (exact) mass is 187 g/mol. The predicted molar refractivity (Wildman–Crippen MR) is 52.5 cm³/mol. The zero-order chi connectivity index (χ0) is 9.73. The van der Waals surface area contributed by atoms with Crippen molar-refractivity contribution < 1.29 is 10.2 Å². The molecule has 1 aliphatic carbocycles. The Hall–Kier alpha value is -0.120. The summed E-state index contributed by atoms with van der Waals surface area (Å²) in [5.41, 5.74) is 0.393. The second kappa shape index (κ2) is 4.94. The van der Waals surface area contributed by atoms with Gasteiger partial charge in [0.05, 0.1) is 0 Å². The van der Waals surface area contributed by atoms with E-state index in [4.69, 9.17) is 10.2 Å². The highest BCUT2D eigenvalue weighted by atomic mass is 16.3. The molecule has 1 saturated carbocycles. The van der Waals surface area contributed by atoms with E-state index >= 15 is 0 Å². The van der Waals surface area contributed by atoms with Crippen molar-refractivity contribution in [3.05, 3.63) is 0 Å². The van der Waals surface area contributed by atoms with Crippen molar-refractivity contribution >= 4 is 0 Å². The zero-order valence-electron chi connectivity index (χ0n) is 8.42. The second-order valence-electron chi connectivity index (χ2n) is 4.39. The quantitative estimate of drug-likeness (QED) is 0.539. The number of aliphatic hydroxyl groups is 2. The first-order valence-corrected chi connectivity index (χ1v) is 5.15. The first-order chi connectivity index (χ1) is 6.22. The van der Waals surface area contributed by atoms with Crippen LogP contribution in [0.5, 0.6) is 0 Å². The van der Waals surface area contributed by atoms with E-state index in [0.29, 0.717) is 17.9 Å². The lowest BCUT2D eigenvalue weighted by atomic mass is 10.0. The summed E-state index contributed by atoms with van der Waals surface area (Å²) in [6, 6.07) is 0. The van der Waals surface area contributed by atoms with E-state index in [0.717, 1.165) is 19.5 Å². The van der Waals surface area contributed by atoms with Gasteiger partial charge in [0.15, 0.2) is 0 Å². The van der Waals surface area contributed by atoms with Crippen LogP contribution in [0.2, 0.25) is 0 Å². The SMILES string of the molecule is CC(CO)CNCC1(CCO)CC1. The first kappa shape index (κ1) is 11.0. The molecule has 0 saturated heterocycles. The molecule has 13 heavy (non-hydrogen) atoms. The molecule has 0 amide bonds. The molecule has 0 heterocycles. The summed E-state index contributed by atoms with van der Waals surface area (Å²) in [6.45, 7) is 4.46. The molecule has 1 fully saturated rings. The fourth-order valence-corrected chi connectivity index (χ4v) is 1.58. The Morgan fingerprint density at radius 1 is 1.38 bits per heavy atom. The highest BCUT2D eigenvalue weighted by Gasteiger charge is 2.41. The van der Waals surface area contributed by atoms with Crippen molar-refractivity contribution in [3.63, 3.8) is 0 Å². The van der Waals surface area contributed by atoms with Crippen molar-refractivity contribution in [3.8, 4) is 0 Å². The minimum atomic E-state index is 0.250. The minimum Gasteiger partial charge on any atom is -0.396 e. The molecule has 0 aliphatic heterocycles. The smallest absolute Gasteiger partial charge is 0.0468 e. The van der Waals surface area contributed by atoms with Gasteiger partial charge in [-0.3, -0.25) is 0 Å². The molecule has 3 nitrogen and oxygen atoms in total. The van der Waals surface area contributed by atoms with Gasteiger partial charge in [-0.15, -0.1) is 0 Å². The average Bonchev–Trinajstić information content (AvgIpc) is 2.86. The van der Waals surface area contributed by atoms with Gasteiger partial charge < -0.3 is 15.5 Å². The fraction of sp³-hybridized carbons (Fsp3) is 1.00. The summed E-state index contributed by atoms with van der Waals surface area (Å²) in [4.78, 5) is 0. The maximum Gasteiger partial charge on any atom is 0.0468 e. The summed E-state index contributed by atoms with van der Waals surface area (Å²) in [7, 11) is 0. The van der Waals surface area contributed by atoms with E-state index in [-0.39, 0.29) is 6.61 Å². The summed E-state index contributed by atoms with van der Waals surface area (Å²) in [5.74, 6) is 0.338. The molecule has 0 radical (unpaired) electrons. The van der Waals surface area contributed by atoms with E-state index in [9.17, 15) is 0 Å². The lowest BCUT2D eigenvalue weighted by Gasteiger charge is -2.16. The molecule has 1 atom stereocenters. The molecule has 1 unspecified atom stereocenters. The molecule has 0 spiro atoms. The van der Waals surface area contributed by atoms with Crippen molar-refractivity contribution in [2.75, 3.05) is 26.3 Å². The van der Waals surface area contributed by atoms with Crippen LogP contribution in [0.1, 0.15) is 26.2 Å². The summed E-state index contributed by atoms with van der Waals surface area (Å²) < 4.78 is 0. The average molecular weight is 187 g/mol. The first-order valence-electron chi connectivity index (χ1n) is 5.15. The number of hydrogen-bond acceptors (Lipinski definition) is 3. The Morgan fingerprint density at radius 2 is 2.08 bits per heavy atom. The Kier molecular flexibility index (Phi) is 4.16. The molecule has 0 aromatic rings. The Morgan fingerprint density at radius 3 is 2.54 bits per heavy atom. The summed E-state index contributed by atoms with van der Waals surface area (Å²) in [6.07, 6.45) is 3.41. The molecular formula is C10H21NO2. The Bertz CT molecular complexity index is 146. The fourth-order valence-electron chi connectivity index (χ4n) is 1.58. The summed E-state index contributed by atoms with van der Waals surface area (Å²) >= 11 is 0. The minimum absolute atomic E-state index is 0.250. The molecule has 1 aliphatic rings. The van der Waals surface area contributed by atoms with Crippen molar-refractivity contribution in [2.45, 2.75) is 26.2 Å². The van der Waals surface area contributed by atoms with Crippen molar-refractivity contribution in [1.29, 1.82) is 0 Å². The van der Waals surface area contributed by atoms with Gasteiger partial charge in [-0.25, -0.2) is 0 Å². The van der Waals surface area contributed by atoms with Crippen LogP contribution in [0.25, 0.3) is 0 Å². The van der Waals surface area contributed by atoms with E-state index in [1.165, 1.54) is 12.8 Å². The van der Waals surface area contributed by atoms with Gasteiger partial charge in [0, 0.05) is 19.8 Å². The lowest BCUT2D eigenvalue weighted by Crippen LogP contribution is -2.29. The topological polar surface area (TPSA) is 52.5 Å². The van der Waals surface area contributed by atoms with Gasteiger partial charge in [0.1, 0.15) is 0 Å². The van der Waals surface area contributed by atoms with Crippen LogP contribution in [0.15, 0.2) is 0 Å². The van der Waals surface area contributed by atoms with Crippen LogP contribution < -0.4 is 5.32 Å². The molecule has 0 bridgehead atoms. The highest BCUT2D eigenvalue weighted by Crippen LogP contribution is 2.47. The van der Waals surface area contributed by atoms with Crippen LogP contribution >= 0.6 is 0 Å². The van der Waals surface area contributed by atoms with Crippen LogP contribution in [-0.2, 0) is 0 Å². The van der Waals surface area contributed by atoms with Gasteiger partial charge in [0.2, 0.25) is 0 Å². The van der Waals surface area contributed by atoms with Crippen LogP contribution in [0.4, 0.5) is 0 Å². The normalized spacial score (nSPS) is 21.5. The number of rotatable bonds is 7. The molecular weight excluding hydrogens is 166 g/mol. The van der Waals surface area contributed by atoms with Crippen molar-refractivity contribution in [1.82, 2.24) is 5.32 Å². The molecule has 1 rings (SSSR count). The number of nitrogens with one attached hydrogen (secondary N) is 1. The molecule has 78 valence electrons. The second-order valence-corrected chi connectivity index (χ2v) is 4.39. The van der Waals surface area contributed by atoms with E-state index in [1.807, 2.05) is 6.92 Å². The standard InChI is InChI=1S/C10H21NO2/c1-9(7-13)6-11-8-10(2-3-10)4-5-12/h9,11-13H,2-8H2,1H3. The number of hydrogen-bond donors (Lipinski definition) is 3. The maximum atomic E-state index is 8.83. The van der Waals surface area contributed by atoms with Crippen LogP contribution in [0, 0.1) is 11.3 Å². The van der Waals surface area contributed by atoms with Gasteiger partial charge >= 0.3 is 0 Å². The van der Waals surface area contributed by atoms with E-state index in [2.05, 4.69) is 5.32 Å². The Labute approximate surface area is 80.2 Å². The van der Waals surface area contributed by atoms with E-state index in [1.54, 1.807) is 0 Å². The molecule has 3 heteroatoms. The van der Waals surface area contributed by atoms with Gasteiger partial charge in [-0.05, 0) is 37.1 Å². The Balaban J connectivity index is 2.05. The van der Waals surface area contributed by atoms with Crippen LogP contribution in [-0.4, -0.2) is 36.5 Å². The van der Waals surface area contributed by atoms with Gasteiger partial charge in [-0.2, -0.15) is 0 Å². The highest BCUT2D eigenvalue weighted by molar-refractivity contribution is 4.94. The third-order valence-electron chi connectivity index (χ3n) is 2.90. The molecule has 3 N–H and O–H groups in total. The summed E-state index contributed by atoms with van der Waals surface area (Å²) in [5, 5.41) is 21.0. The molecule has 0 aromatic carbocycles. The molecule has 0 aromatic heterocycles. The van der Waals surface area contributed by atoms with Crippen LogP contribution in [0.3, 0.4) is 0 Å². The number of aliphatic hydroxyl groups excluding tert-OH is 2. The predicted octanol–water partition coefficient (Wildman–Crippen LogP) is 0.367. The van der Waals surface area contributed by atoms with Gasteiger partial charge in [-0.1, -0.05) is 6.92 Å². The van der Waals surface area contributed by atoms with Crippen molar-refractivity contribution in [2.24, 2.45) is 11.3 Å². The third kappa shape index (κ3) is 3.63. The van der Waals surface area contributed by atoms with Gasteiger partial charge in [0.25, 0.3) is 0 Å². The maximum absolute atomic E-state index is 8.83. The zero-order valence-corrected chi connectivity index (χ0v) is 8.42. The lowest BCUT2D eigenvalue weighted by molar-refractivity contribution is 0.222. The third-order valence-corrected chi connectivity index (χ3v) is 2.90. The van der Waals surface area contributed by atoms with E-state index < -0.39 is 0 Å². The largest absolute Gasteiger partial charge is 0.396 e.